The fraction of sp³-hybridized carbons (Fsp3) is 0.238. The minimum atomic E-state index is -0.206. The zero-order valence-corrected chi connectivity index (χ0v) is 41.0. The van der Waals surface area contributed by atoms with Crippen LogP contribution >= 0.6 is 0 Å². The van der Waals surface area contributed by atoms with Crippen LogP contribution in [0.2, 0.25) is 0 Å². The Balaban J connectivity index is 1.22. The molecule has 0 N–H and O–H groups in total. The van der Waals surface area contributed by atoms with Gasteiger partial charge in [-0.2, -0.15) is 0 Å². The fourth-order valence-corrected chi connectivity index (χ4v) is 12.6. The lowest BCUT2D eigenvalue weighted by atomic mass is 9.43. The van der Waals surface area contributed by atoms with Gasteiger partial charge >= 0.3 is 6.85 Å². The SMILES string of the molecule is CC(C)(C)c1ccc(N2B3c4cc5c(cc4-n4c6ccc(C(C)(C)C)cc6c6c7c(oc8ccccc87)c(c3c64)-c3cc4c(cc32)oc2ccc(C(C)(C)C)cc24)C(C)(C)c2ccccc2-5)cc1. The summed E-state index contributed by atoms with van der Waals surface area (Å²) in [6.45, 7) is 25.4. The Labute approximate surface area is 398 Å². The topological polar surface area (TPSA) is 34.5 Å². The number of hydrogen-bond acceptors (Lipinski definition) is 3. The molecule has 0 saturated carbocycles. The molecule has 68 heavy (non-hydrogen) atoms. The fourth-order valence-electron chi connectivity index (χ4n) is 12.6. The van der Waals surface area contributed by atoms with E-state index < -0.39 is 0 Å². The summed E-state index contributed by atoms with van der Waals surface area (Å²) < 4.78 is 16.9. The monoisotopic (exact) mass is 882 g/mol. The van der Waals surface area contributed by atoms with Crippen molar-refractivity contribution in [2.45, 2.75) is 97.8 Å². The van der Waals surface area contributed by atoms with E-state index in [0.717, 1.165) is 55.4 Å². The van der Waals surface area contributed by atoms with Gasteiger partial charge in [-0.25, -0.2) is 0 Å². The highest BCUT2D eigenvalue weighted by Gasteiger charge is 2.48. The van der Waals surface area contributed by atoms with E-state index in [1.807, 2.05) is 0 Å². The molecule has 1 aliphatic carbocycles. The molecule has 0 saturated heterocycles. The molecule has 5 heterocycles. The number of benzene rings is 8. The summed E-state index contributed by atoms with van der Waals surface area (Å²) in [7, 11) is 0. The number of anilines is 2. The average molecular weight is 883 g/mol. The van der Waals surface area contributed by atoms with Gasteiger partial charge < -0.3 is 18.2 Å². The number of nitrogens with zero attached hydrogens (tertiary/aromatic N) is 2. The summed E-state index contributed by atoms with van der Waals surface area (Å²) >= 11 is 0. The first kappa shape index (κ1) is 40.1. The molecule has 3 aromatic heterocycles. The normalized spacial score (nSPS) is 15.0. The van der Waals surface area contributed by atoms with Gasteiger partial charge in [0.2, 0.25) is 0 Å². The van der Waals surface area contributed by atoms with Crippen LogP contribution in [-0.4, -0.2) is 11.4 Å². The lowest BCUT2D eigenvalue weighted by Crippen LogP contribution is -2.60. The second kappa shape index (κ2) is 12.8. The molecule has 4 nitrogen and oxygen atoms in total. The van der Waals surface area contributed by atoms with Gasteiger partial charge in [0.15, 0.2) is 0 Å². The lowest BCUT2D eigenvalue weighted by molar-refractivity contribution is 0.590. The molecule has 0 fully saturated rings. The summed E-state index contributed by atoms with van der Waals surface area (Å²) in [5, 5.41) is 7.11. The maximum Gasteiger partial charge on any atom is 0.333 e. The maximum absolute atomic E-state index is 7.37. The van der Waals surface area contributed by atoms with Gasteiger partial charge in [0.25, 0.3) is 0 Å². The predicted octanol–water partition coefficient (Wildman–Crippen LogP) is 16.0. The van der Waals surface area contributed by atoms with Crippen molar-refractivity contribution < 1.29 is 8.83 Å². The van der Waals surface area contributed by atoms with Crippen molar-refractivity contribution >= 4 is 94.8 Å². The van der Waals surface area contributed by atoms with Crippen LogP contribution in [0, 0.1) is 0 Å². The Bertz CT molecular complexity index is 4060. The summed E-state index contributed by atoms with van der Waals surface area (Å²) in [6, 6.07) is 51.1. The second-order valence-electron chi connectivity index (χ2n) is 23.8. The highest BCUT2D eigenvalue weighted by atomic mass is 16.3. The van der Waals surface area contributed by atoms with Crippen LogP contribution in [0.25, 0.3) is 93.6 Å². The zero-order chi connectivity index (χ0) is 46.7. The Hall–Kier alpha value is -6.98. The largest absolute Gasteiger partial charge is 0.456 e. The quantitative estimate of drug-likeness (QED) is 0.154. The molecule has 2 aliphatic heterocycles. The van der Waals surface area contributed by atoms with Crippen LogP contribution < -0.4 is 15.7 Å². The van der Waals surface area contributed by atoms with Gasteiger partial charge in [0.05, 0.1) is 11.0 Å². The van der Waals surface area contributed by atoms with Crippen molar-refractivity contribution in [2.75, 3.05) is 4.81 Å². The predicted molar refractivity (Wildman–Crippen MR) is 288 cm³/mol. The summed E-state index contributed by atoms with van der Waals surface area (Å²) in [5.74, 6) is 0. The summed E-state index contributed by atoms with van der Waals surface area (Å²) in [4.78, 5) is 2.64. The van der Waals surface area contributed by atoms with E-state index in [-0.39, 0.29) is 28.5 Å². The van der Waals surface area contributed by atoms with Crippen molar-refractivity contribution in [1.29, 1.82) is 0 Å². The third-order valence-corrected chi connectivity index (χ3v) is 16.2. The number of hydrogen-bond donors (Lipinski definition) is 0. The third kappa shape index (κ3) is 5.12. The van der Waals surface area contributed by atoms with Gasteiger partial charge in [0, 0.05) is 72.0 Å². The van der Waals surface area contributed by atoms with Crippen LogP contribution in [0.3, 0.4) is 0 Å². The molecular weight excluding hydrogens is 828 g/mol. The molecule has 8 aromatic carbocycles. The van der Waals surface area contributed by atoms with E-state index in [1.54, 1.807) is 0 Å². The van der Waals surface area contributed by atoms with Crippen molar-refractivity contribution in [3.8, 4) is 27.9 Å². The van der Waals surface area contributed by atoms with Crippen molar-refractivity contribution in [3.05, 3.63) is 161 Å². The second-order valence-corrected chi connectivity index (χ2v) is 23.8. The van der Waals surface area contributed by atoms with E-state index in [0.29, 0.717) is 0 Å². The summed E-state index contributed by atoms with van der Waals surface area (Å²) in [5.41, 5.74) is 23.6. The molecule has 0 unspecified atom stereocenters. The van der Waals surface area contributed by atoms with Crippen molar-refractivity contribution in [1.82, 2.24) is 4.57 Å². The molecule has 332 valence electrons. The molecule has 0 spiro atoms. The van der Waals surface area contributed by atoms with Gasteiger partial charge in [-0.05, 0) is 121 Å². The number of fused-ring (bicyclic) bond motifs is 19. The van der Waals surface area contributed by atoms with Crippen molar-refractivity contribution in [3.63, 3.8) is 0 Å². The van der Waals surface area contributed by atoms with Crippen LogP contribution in [0.5, 0.6) is 0 Å². The third-order valence-electron chi connectivity index (χ3n) is 16.2. The van der Waals surface area contributed by atoms with E-state index in [9.17, 15) is 0 Å². The first-order valence-electron chi connectivity index (χ1n) is 24.5. The minimum absolute atomic E-state index is 0.00137. The van der Waals surface area contributed by atoms with Gasteiger partial charge in [-0.3, -0.25) is 0 Å². The standard InChI is InChI=1S/C63H55BN2O2/c1-60(2,3)34-20-24-37(25-21-34)66-49-33-53-42(41-28-36(62(7,8)9)23-27-52(41)67-53)30-44(49)56-57-58-54(55-39-17-13-15-19-51(39)68-59(55)56)43-29-35(61(4,5)6)22-26-48(43)65(58)50-32-46-40(31-47(50)64(57)66)38-16-12-14-18-45(38)63(46,10)11/h12-33H,1-11H3. The van der Waals surface area contributed by atoms with Crippen molar-refractivity contribution in [2.24, 2.45) is 0 Å². The lowest BCUT2D eigenvalue weighted by Gasteiger charge is -2.42. The number of para-hydroxylation sites is 1. The number of aromatic nitrogens is 1. The van der Waals surface area contributed by atoms with Gasteiger partial charge in [-0.15, -0.1) is 0 Å². The first-order chi connectivity index (χ1) is 32.4. The highest BCUT2D eigenvalue weighted by Crippen LogP contribution is 2.55. The Morgan fingerprint density at radius 3 is 1.88 bits per heavy atom. The molecule has 3 aliphatic rings. The zero-order valence-electron chi connectivity index (χ0n) is 41.0. The molecule has 0 bridgehead atoms. The molecule has 11 aromatic rings. The van der Waals surface area contributed by atoms with E-state index in [2.05, 4.69) is 219 Å². The van der Waals surface area contributed by atoms with E-state index >= 15 is 0 Å². The Morgan fingerprint density at radius 2 is 1.13 bits per heavy atom. The van der Waals surface area contributed by atoms with E-state index in [4.69, 9.17) is 8.83 Å². The van der Waals surface area contributed by atoms with E-state index in [1.165, 1.54) is 88.3 Å². The highest BCUT2D eigenvalue weighted by molar-refractivity contribution is 6.94. The number of furan rings is 2. The first-order valence-corrected chi connectivity index (χ1v) is 24.5. The van der Waals surface area contributed by atoms with Crippen LogP contribution in [-0.2, 0) is 21.7 Å². The molecule has 0 amide bonds. The Kier molecular flexibility index (Phi) is 7.53. The molecule has 5 heteroatoms. The van der Waals surface area contributed by atoms with Crippen LogP contribution in [0.1, 0.15) is 104 Å². The molecular formula is C63H55BN2O2. The van der Waals surface area contributed by atoms with Gasteiger partial charge in [0.1, 0.15) is 22.3 Å². The Morgan fingerprint density at radius 1 is 0.485 bits per heavy atom. The smallest absolute Gasteiger partial charge is 0.333 e. The molecule has 0 atom stereocenters. The van der Waals surface area contributed by atoms with Crippen LogP contribution in [0.15, 0.2) is 142 Å². The molecule has 0 radical (unpaired) electrons. The minimum Gasteiger partial charge on any atom is -0.456 e. The van der Waals surface area contributed by atoms with Gasteiger partial charge in [-0.1, -0.05) is 149 Å². The average Bonchev–Trinajstić information content (AvgIpc) is 4.02. The maximum atomic E-state index is 7.37. The summed E-state index contributed by atoms with van der Waals surface area (Å²) in [6.07, 6.45) is 0. The number of rotatable bonds is 1. The molecule has 14 rings (SSSR count). The van der Waals surface area contributed by atoms with Crippen LogP contribution in [0.4, 0.5) is 11.4 Å².